The molecule has 2 unspecified atom stereocenters. The van der Waals surface area contributed by atoms with Crippen molar-refractivity contribution < 1.29 is 9.53 Å². The molecule has 0 saturated carbocycles. The lowest BCUT2D eigenvalue weighted by Crippen LogP contribution is -2.22. The summed E-state index contributed by atoms with van der Waals surface area (Å²) in [5, 5.41) is 3.25. The third-order valence-electron chi connectivity index (χ3n) is 3.22. The zero-order chi connectivity index (χ0) is 11.5. The zero-order valence-electron chi connectivity index (χ0n) is 9.69. The lowest BCUT2D eigenvalue weighted by Gasteiger charge is -2.16. The van der Waals surface area contributed by atoms with Crippen LogP contribution in [-0.2, 0) is 9.53 Å². The third-order valence-corrected chi connectivity index (χ3v) is 3.22. The summed E-state index contributed by atoms with van der Waals surface area (Å²) in [6, 6.07) is 8.37. The molecule has 1 fully saturated rings. The standard InChI is InChI=1S/C13H17NO2/c1-9-3-5-10(6-4-9)11-7-14-8-12(11)13(15)16-2/h3-6,11-12,14H,7-8H2,1-2H3. The highest BCUT2D eigenvalue weighted by molar-refractivity contribution is 5.74. The predicted molar refractivity (Wildman–Crippen MR) is 62.3 cm³/mol. The first-order chi connectivity index (χ1) is 7.72. The van der Waals surface area contributed by atoms with Crippen LogP contribution in [0.3, 0.4) is 0 Å². The maximum Gasteiger partial charge on any atom is 0.310 e. The molecule has 1 aromatic carbocycles. The first-order valence-electron chi connectivity index (χ1n) is 5.57. The van der Waals surface area contributed by atoms with E-state index in [0.29, 0.717) is 6.54 Å². The Bertz CT molecular complexity index is 372. The Labute approximate surface area is 95.8 Å². The number of benzene rings is 1. The molecule has 1 aliphatic heterocycles. The van der Waals surface area contributed by atoms with Crippen molar-refractivity contribution in [2.75, 3.05) is 20.2 Å². The molecule has 0 spiro atoms. The van der Waals surface area contributed by atoms with Gasteiger partial charge >= 0.3 is 5.97 Å². The van der Waals surface area contributed by atoms with Gasteiger partial charge in [0.2, 0.25) is 0 Å². The number of methoxy groups -OCH3 is 1. The van der Waals surface area contributed by atoms with Gasteiger partial charge in [0, 0.05) is 19.0 Å². The van der Waals surface area contributed by atoms with E-state index in [1.54, 1.807) is 0 Å². The van der Waals surface area contributed by atoms with E-state index in [1.807, 2.05) is 0 Å². The molecule has 2 rings (SSSR count). The van der Waals surface area contributed by atoms with Gasteiger partial charge in [-0.3, -0.25) is 4.79 Å². The third kappa shape index (κ3) is 2.09. The largest absolute Gasteiger partial charge is 0.469 e. The highest BCUT2D eigenvalue weighted by Gasteiger charge is 2.34. The summed E-state index contributed by atoms with van der Waals surface area (Å²) in [6.07, 6.45) is 0. The number of aryl methyl sites for hydroxylation is 1. The van der Waals surface area contributed by atoms with Gasteiger partial charge < -0.3 is 10.1 Å². The van der Waals surface area contributed by atoms with Crippen LogP contribution in [0.2, 0.25) is 0 Å². The quantitative estimate of drug-likeness (QED) is 0.765. The molecule has 1 aromatic rings. The Morgan fingerprint density at radius 1 is 1.31 bits per heavy atom. The molecule has 86 valence electrons. The average Bonchev–Trinajstić information content (AvgIpc) is 2.78. The molecule has 1 heterocycles. The van der Waals surface area contributed by atoms with E-state index in [1.165, 1.54) is 18.2 Å². The van der Waals surface area contributed by atoms with Gasteiger partial charge in [-0.15, -0.1) is 0 Å². The highest BCUT2D eigenvalue weighted by atomic mass is 16.5. The molecule has 3 nitrogen and oxygen atoms in total. The molecule has 1 N–H and O–H groups in total. The smallest absolute Gasteiger partial charge is 0.310 e. The van der Waals surface area contributed by atoms with E-state index in [2.05, 4.69) is 36.5 Å². The molecule has 2 atom stereocenters. The molecular weight excluding hydrogens is 202 g/mol. The topological polar surface area (TPSA) is 38.3 Å². The van der Waals surface area contributed by atoms with Gasteiger partial charge in [0.25, 0.3) is 0 Å². The molecule has 0 aliphatic carbocycles. The monoisotopic (exact) mass is 219 g/mol. The van der Waals surface area contributed by atoms with Gasteiger partial charge in [0.05, 0.1) is 13.0 Å². The summed E-state index contributed by atoms with van der Waals surface area (Å²) in [6.45, 7) is 3.63. The van der Waals surface area contributed by atoms with Crippen molar-refractivity contribution in [2.24, 2.45) is 5.92 Å². The lowest BCUT2D eigenvalue weighted by atomic mass is 9.88. The van der Waals surface area contributed by atoms with Crippen molar-refractivity contribution >= 4 is 5.97 Å². The zero-order valence-corrected chi connectivity index (χ0v) is 9.69. The van der Waals surface area contributed by atoms with Crippen LogP contribution >= 0.6 is 0 Å². The minimum atomic E-state index is -0.115. The highest BCUT2D eigenvalue weighted by Crippen LogP contribution is 2.29. The SMILES string of the molecule is COC(=O)C1CNCC1c1ccc(C)cc1. The fourth-order valence-electron chi connectivity index (χ4n) is 2.24. The van der Waals surface area contributed by atoms with Crippen LogP contribution in [0.5, 0.6) is 0 Å². The van der Waals surface area contributed by atoms with E-state index in [4.69, 9.17) is 4.74 Å². The molecule has 1 saturated heterocycles. The minimum absolute atomic E-state index is 0.0484. The van der Waals surface area contributed by atoms with Gasteiger partial charge in [0.15, 0.2) is 0 Å². The van der Waals surface area contributed by atoms with Crippen LogP contribution in [0.4, 0.5) is 0 Å². The van der Waals surface area contributed by atoms with E-state index >= 15 is 0 Å². The van der Waals surface area contributed by atoms with Crippen molar-refractivity contribution in [3.05, 3.63) is 35.4 Å². The molecule has 16 heavy (non-hydrogen) atoms. The van der Waals surface area contributed by atoms with E-state index in [9.17, 15) is 4.79 Å². The lowest BCUT2D eigenvalue weighted by molar-refractivity contribution is -0.145. The van der Waals surface area contributed by atoms with Crippen LogP contribution in [0.15, 0.2) is 24.3 Å². The average molecular weight is 219 g/mol. The second-order valence-electron chi connectivity index (χ2n) is 4.31. The summed E-state index contributed by atoms with van der Waals surface area (Å²) in [7, 11) is 1.45. The normalized spacial score (nSPS) is 24.4. The van der Waals surface area contributed by atoms with Crippen molar-refractivity contribution in [3.8, 4) is 0 Å². The van der Waals surface area contributed by atoms with Gasteiger partial charge in [-0.05, 0) is 12.5 Å². The maximum absolute atomic E-state index is 11.6. The van der Waals surface area contributed by atoms with Crippen LogP contribution in [-0.4, -0.2) is 26.2 Å². The molecule has 3 heteroatoms. The van der Waals surface area contributed by atoms with Crippen molar-refractivity contribution in [2.45, 2.75) is 12.8 Å². The van der Waals surface area contributed by atoms with Gasteiger partial charge in [-0.2, -0.15) is 0 Å². The number of nitrogens with one attached hydrogen (secondary N) is 1. The van der Waals surface area contributed by atoms with Gasteiger partial charge in [0.1, 0.15) is 0 Å². The van der Waals surface area contributed by atoms with E-state index in [0.717, 1.165) is 6.54 Å². The Hall–Kier alpha value is -1.35. The number of rotatable bonds is 2. The summed E-state index contributed by atoms with van der Waals surface area (Å²) < 4.78 is 4.83. The first kappa shape index (κ1) is 11.1. The molecule has 0 bridgehead atoms. The minimum Gasteiger partial charge on any atom is -0.469 e. The number of carbonyl (C=O) groups is 1. The Kier molecular flexibility index (Phi) is 3.25. The van der Waals surface area contributed by atoms with Crippen molar-refractivity contribution in [1.82, 2.24) is 5.32 Å². The fourth-order valence-corrected chi connectivity index (χ4v) is 2.24. The number of esters is 1. The number of hydrogen-bond donors (Lipinski definition) is 1. The van der Waals surface area contributed by atoms with Crippen molar-refractivity contribution in [1.29, 1.82) is 0 Å². The van der Waals surface area contributed by atoms with E-state index in [-0.39, 0.29) is 17.8 Å². The summed E-state index contributed by atoms with van der Waals surface area (Å²) >= 11 is 0. The summed E-state index contributed by atoms with van der Waals surface area (Å²) in [5.74, 6) is 0.0799. The summed E-state index contributed by atoms with van der Waals surface area (Å²) in [4.78, 5) is 11.6. The fraction of sp³-hybridized carbons (Fsp3) is 0.462. The Morgan fingerprint density at radius 2 is 2.00 bits per heavy atom. The van der Waals surface area contributed by atoms with Crippen LogP contribution in [0.1, 0.15) is 17.0 Å². The molecule has 0 radical (unpaired) electrons. The second-order valence-corrected chi connectivity index (χ2v) is 4.31. The van der Waals surface area contributed by atoms with Crippen LogP contribution in [0, 0.1) is 12.8 Å². The van der Waals surface area contributed by atoms with Gasteiger partial charge in [-0.25, -0.2) is 0 Å². The van der Waals surface area contributed by atoms with Gasteiger partial charge in [-0.1, -0.05) is 29.8 Å². The number of hydrogen-bond acceptors (Lipinski definition) is 3. The summed E-state index contributed by atoms with van der Waals surface area (Å²) in [5.41, 5.74) is 2.45. The molecule has 0 aromatic heterocycles. The molecular formula is C13H17NO2. The number of carbonyl (C=O) groups excluding carboxylic acids is 1. The Balaban J connectivity index is 2.19. The number of ether oxygens (including phenoxy) is 1. The molecule has 1 aliphatic rings. The second kappa shape index (κ2) is 4.66. The van der Waals surface area contributed by atoms with Crippen LogP contribution in [0.25, 0.3) is 0 Å². The Morgan fingerprint density at radius 3 is 2.62 bits per heavy atom. The maximum atomic E-state index is 11.6. The van der Waals surface area contributed by atoms with E-state index < -0.39 is 0 Å². The van der Waals surface area contributed by atoms with Crippen molar-refractivity contribution in [3.63, 3.8) is 0 Å². The van der Waals surface area contributed by atoms with Crippen LogP contribution < -0.4 is 5.32 Å². The predicted octanol–water partition coefficient (Wildman–Crippen LogP) is 1.47. The molecule has 0 amide bonds. The first-order valence-corrected chi connectivity index (χ1v) is 5.57.